The van der Waals surface area contributed by atoms with Crippen LogP contribution < -0.4 is 15.4 Å². The van der Waals surface area contributed by atoms with E-state index in [0.717, 1.165) is 23.8 Å². The molecule has 12 heteroatoms. The van der Waals surface area contributed by atoms with Gasteiger partial charge in [0.05, 0.1) is 5.02 Å². The second-order valence-corrected chi connectivity index (χ2v) is 8.64. The number of halogens is 3. The van der Waals surface area contributed by atoms with E-state index in [9.17, 15) is 28.0 Å². The minimum Gasteiger partial charge on any atom is -0.451 e. The van der Waals surface area contributed by atoms with Crippen LogP contribution in [0.4, 0.5) is 19.3 Å². The van der Waals surface area contributed by atoms with Gasteiger partial charge in [0.1, 0.15) is 17.8 Å². The average molecular weight is 488 g/mol. The van der Waals surface area contributed by atoms with E-state index in [1.165, 1.54) is 19.1 Å². The maximum atomic E-state index is 12.8. The van der Waals surface area contributed by atoms with Crippen LogP contribution in [0.15, 0.2) is 18.2 Å². The standard InChI is InChI=1S/C21H24ClF2N3O6/c1-11-5-7-21(8-6-11)18(30)27(20(31)26-21)10-16(28)32-12(2)17(29)25-13-3-4-15(14(22)9-13)33-19(23)24/h3-4,9,11-12,19H,5-8,10H2,1-2H3,(H,25,29)(H,26,31). The Labute approximate surface area is 193 Å². The van der Waals surface area contributed by atoms with Crippen LogP contribution in [0.3, 0.4) is 0 Å². The lowest BCUT2D eigenvalue weighted by atomic mass is 9.77. The molecule has 2 aliphatic rings. The highest BCUT2D eigenvalue weighted by molar-refractivity contribution is 6.32. The van der Waals surface area contributed by atoms with Crippen molar-refractivity contribution in [3.63, 3.8) is 0 Å². The van der Waals surface area contributed by atoms with Crippen LogP contribution in [0.5, 0.6) is 5.75 Å². The van der Waals surface area contributed by atoms with Crippen molar-refractivity contribution in [2.75, 3.05) is 11.9 Å². The summed E-state index contributed by atoms with van der Waals surface area (Å²) in [5.41, 5.74) is -0.816. The van der Waals surface area contributed by atoms with Crippen molar-refractivity contribution < 1.29 is 37.4 Å². The first-order chi connectivity index (χ1) is 15.5. The number of carbonyl (C=O) groups is 4. The van der Waals surface area contributed by atoms with Gasteiger partial charge in [0.2, 0.25) is 0 Å². The third kappa shape index (κ3) is 5.70. The smallest absolute Gasteiger partial charge is 0.387 e. The molecule has 33 heavy (non-hydrogen) atoms. The molecule has 3 rings (SSSR count). The maximum absolute atomic E-state index is 12.8. The molecule has 4 amide bonds. The number of carbonyl (C=O) groups excluding carboxylic acids is 4. The van der Waals surface area contributed by atoms with Crippen molar-refractivity contribution in [2.24, 2.45) is 5.92 Å². The molecule has 1 aliphatic carbocycles. The van der Waals surface area contributed by atoms with Crippen LogP contribution in [0, 0.1) is 5.92 Å². The van der Waals surface area contributed by atoms with Gasteiger partial charge >= 0.3 is 18.6 Å². The lowest BCUT2D eigenvalue weighted by molar-refractivity contribution is -0.155. The SMILES string of the molecule is CC1CCC2(CC1)NC(=O)N(CC(=O)OC(C)C(=O)Nc1ccc(OC(F)F)c(Cl)c1)C2=O. The molecular weight excluding hydrogens is 464 g/mol. The molecule has 1 unspecified atom stereocenters. The summed E-state index contributed by atoms with van der Waals surface area (Å²) < 4.78 is 33.9. The molecule has 0 bridgehead atoms. The molecule has 2 N–H and O–H groups in total. The van der Waals surface area contributed by atoms with E-state index < -0.39 is 48.6 Å². The zero-order chi connectivity index (χ0) is 24.3. The molecule has 1 aromatic rings. The van der Waals surface area contributed by atoms with Crippen LogP contribution in [0.25, 0.3) is 0 Å². The molecule has 180 valence electrons. The number of urea groups is 1. The van der Waals surface area contributed by atoms with E-state index in [0.29, 0.717) is 18.8 Å². The fourth-order valence-corrected chi connectivity index (χ4v) is 4.07. The fourth-order valence-electron chi connectivity index (χ4n) is 3.84. The Hall–Kier alpha value is -2.95. The molecule has 2 fully saturated rings. The average Bonchev–Trinajstić information content (AvgIpc) is 2.96. The summed E-state index contributed by atoms with van der Waals surface area (Å²) in [4.78, 5) is 50.5. The highest BCUT2D eigenvalue weighted by atomic mass is 35.5. The monoisotopic (exact) mass is 487 g/mol. The van der Waals surface area contributed by atoms with Gasteiger partial charge in [0, 0.05) is 5.69 Å². The number of benzene rings is 1. The first-order valence-corrected chi connectivity index (χ1v) is 10.8. The number of amides is 4. The van der Waals surface area contributed by atoms with E-state index in [4.69, 9.17) is 16.3 Å². The summed E-state index contributed by atoms with van der Waals surface area (Å²) >= 11 is 5.84. The van der Waals surface area contributed by atoms with Crippen LogP contribution >= 0.6 is 11.6 Å². The Morgan fingerprint density at radius 3 is 2.58 bits per heavy atom. The van der Waals surface area contributed by atoms with Gasteiger partial charge in [-0.25, -0.2) is 4.79 Å². The number of nitrogens with one attached hydrogen (secondary N) is 2. The number of hydrogen-bond donors (Lipinski definition) is 2. The van der Waals surface area contributed by atoms with Gasteiger partial charge < -0.3 is 20.1 Å². The van der Waals surface area contributed by atoms with Crippen LogP contribution in [0.1, 0.15) is 39.5 Å². The highest BCUT2D eigenvalue weighted by Crippen LogP contribution is 2.36. The number of imide groups is 1. The minimum atomic E-state index is -3.05. The van der Waals surface area contributed by atoms with Crippen LogP contribution in [-0.4, -0.2) is 53.5 Å². The lowest BCUT2D eigenvalue weighted by Gasteiger charge is -2.33. The Bertz CT molecular complexity index is 952. The molecule has 1 saturated carbocycles. The van der Waals surface area contributed by atoms with Crippen molar-refractivity contribution in [3.05, 3.63) is 23.2 Å². The fraction of sp³-hybridized carbons (Fsp3) is 0.524. The van der Waals surface area contributed by atoms with E-state index >= 15 is 0 Å². The number of esters is 1. The van der Waals surface area contributed by atoms with Gasteiger partial charge in [-0.05, 0) is 56.7 Å². The molecule has 1 aromatic carbocycles. The third-order valence-corrected chi connectivity index (χ3v) is 6.05. The maximum Gasteiger partial charge on any atom is 0.387 e. The molecule has 1 heterocycles. The first-order valence-electron chi connectivity index (χ1n) is 10.4. The lowest BCUT2D eigenvalue weighted by Crippen LogP contribution is -2.49. The molecular formula is C21H24ClF2N3O6. The third-order valence-electron chi connectivity index (χ3n) is 5.75. The Balaban J connectivity index is 1.54. The number of rotatable bonds is 7. The summed E-state index contributed by atoms with van der Waals surface area (Å²) in [5.74, 6) is -1.92. The molecule has 1 spiro atoms. The van der Waals surface area contributed by atoms with Crippen molar-refractivity contribution in [1.29, 1.82) is 0 Å². The summed E-state index contributed by atoms with van der Waals surface area (Å²) in [6, 6.07) is 2.97. The quantitative estimate of drug-likeness (QED) is 0.450. The van der Waals surface area contributed by atoms with E-state index in [-0.39, 0.29) is 16.5 Å². The summed E-state index contributed by atoms with van der Waals surface area (Å²) in [6.07, 6.45) is 1.33. The predicted octanol–water partition coefficient (Wildman–Crippen LogP) is 3.31. The molecule has 0 aromatic heterocycles. The number of nitrogens with zero attached hydrogens (tertiary/aromatic N) is 1. The van der Waals surface area contributed by atoms with Gasteiger partial charge in [0.25, 0.3) is 11.8 Å². The summed E-state index contributed by atoms with van der Waals surface area (Å²) in [7, 11) is 0. The summed E-state index contributed by atoms with van der Waals surface area (Å²) in [5, 5.41) is 4.98. The van der Waals surface area contributed by atoms with Crippen molar-refractivity contribution in [2.45, 2.75) is 57.8 Å². The summed E-state index contributed by atoms with van der Waals surface area (Å²) in [6.45, 7) is -0.289. The highest BCUT2D eigenvalue weighted by Gasteiger charge is 2.52. The predicted molar refractivity (Wildman–Crippen MR) is 113 cm³/mol. The van der Waals surface area contributed by atoms with E-state index in [1.807, 2.05) is 0 Å². The zero-order valence-electron chi connectivity index (χ0n) is 18.0. The molecule has 1 aliphatic heterocycles. The second-order valence-electron chi connectivity index (χ2n) is 8.23. The first kappa shape index (κ1) is 24.7. The minimum absolute atomic E-state index is 0.151. The Kier molecular flexibility index (Phi) is 7.41. The van der Waals surface area contributed by atoms with Gasteiger partial charge in [-0.1, -0.05) is 18.5 Å². The van der Waals surface area contributed by atoms with Crippen molar-refractivity contribution in [3.8, 4) is 5.75 Å². The van der Waals surface area contributed by atoms with Crippen molar-refractivity contribution >= 4 is 41.1 Å². The van der Waals surface area contributed by atoms with Gasteiger partial charge in [-0.3, -0.25) is 19.3 Å². The number of anilines is 1. The second kappa shape index (κ2) is 9.90. The Morgan fingerprint density at radius 2 is 1.97 bits per heavy atom. The topological polar surface area (TPSA) is 114 Å². The molecule has 0 radical (unpaired) electrons. The van der Waals surface area contributed by atoms with Gasteiger partial charge in [0.15, 0.2) is 6.10 Å². The Morgan fingerprint density at radius 1 is 1.30 bits per heavy atom. The van der Waals surface area contributed by atoms with E-state index in [1.54, 1.807) is 0 Å². The zero-order valence-corrected chi connectivity index (χ0v) is 18.8. The molecule has 9 nitrogen and oxygen atoms in total. The van der Waals surface area contributed by atoms with Crippen molar-refractivity contribution in [1.82, 2.24) is 10.2 Å². The number of alkyl halides is 2. The normalized spacial score (nSPS) is 23.5. The molecule has 1 saturated heterocycles. The van der Waals surface area contributed by atoms with Gasteiger partial charge in [-0.2, -0.15) is 8.78 Å². The van der Waals surface area contributed by atoms with E-state index in [2.05, 4.69) is 22.3 Å². The number of ether oxygens (including phenoxy) is 2. The van der Waals surface area contributed by atoms with Gasteiger partial charge in [-0.15, -0.1) is 0 Å². The van der Waals surface area contributed by atoms with Crippen LogP contribution in [-0.2, 0) is 19.1 Å². The van der Waals surface area contributed by atoms with Crippen LogP contribution in [0.2, 0.25) is 5.02 Å². The largest absolute Gasteiger partial charge is 0.451 e. The molecule has 1 atom stereocenters. The number of hydrogen-bond acceptors (Lipinski definition) is 6.